The van der Waals surface area contributed by atoms with Crippen LogP contribution in [0.15, 0.2) is 18.2 Å². The van der Waals surface area contributed by atoms with Crippen molar-refractivity contribution in [2.24, 2.45) is 5.92 Å². The number of methoxy groups -OCH3 is 1. The summed E-state index contributed by atoms with van der Waals surface area (Å²) in [4.78, 5) is 0. The van der Waals surface area contributed by atoms with Crippen LogP contribution in [-0.2, 0) is 6.54 Å². The molecule has 1 aliphatic carbocycles. The van der Waals surface area contributed by atoms with Gasteiger partial charge in [-0.2, -0.15) is 0 Å². The Morgan fingerprint density at radius 1 is 1.39 bits per heavy atom. The zero-order valence-electron chi connectivity index (χ0n) is 11.3. The van der Waals surface area contributed by atoms with Crippen molar-refractivity contribution in [3.05, 3.63) is 23.8 Å². The second-order valence-electron chi connectivity index (χ2n) is 5.34. The fourth-order valence-electron chi connectivity index (χ4n) is 2.70. The zero-order valence-corrected chi connectivity index (χ0v) is 11.3. The van der Waals surface area contributed by atoms with Crippen LogP contribution in [0.25, 0.3) is 0 Å². The van der Waals surface area contributed by atoms with Gasteiger partial charge in [0.1, 0.15) is 11.5 Å². The normalized spacial score (nSPS) is 23.9. The molecule has 0 aromatic heterocycles. The Kier molecular flexibility index (Phi) is 4.48. The first kappa shape index (κ1) is 13.2. The maximum absolute atomic E-state index is 9.82. The van der Waals surface area contributed by atoms with Gasteiger partial charge < -0.3 is 15.2 Å². The van der Waals surface area contributed by atoms with E-state index in [0.717, 1.165) is 17.2 Å². The summed E-state index contributed by atoms with van der Waals surface area (Å²) in [6.07, 6.45) is 5.14. The number of nitrogens with one attached hydrogen (secondary N) is 1. The van der Waals surface area contributed by atoms with Crippen LogP contribution < -0.4 is 10.1 Å². The molecule has 1 aromatic carbocycles. The molecule has 3 heteroatoms. The third-order valence-electron chi connectivity index (χ3n) is 3.80. The Balaban J connectivity index is 1.92. The molecular weight excluding hydrogens is 226 g/mol. The van der Waals surface area contributed by atoms with Crippen LogP contribution in [0.5, 0.6) is 11.5 Å². The van der Waals surface area contributed by atoms with Crippen molar-refractivity contribution < 1.29 is 9.84 Å². The molecule has 1 fully saturated rings. The van der Waals surface area contributed by atoms with Gasteiger partial charge in [0, 0.05) is 18.2 Å². The Morgan fingerprint density at radius 2 is 2.22 bits per heavy atom. The molecule has 1 aliphatic rings. The van der Waals surface area contributed by atoms with Crippen molar-refractivity contribution in [3.8, 4) is 11.5 Å². The number of hydrogen-bond acceptors (Lipinski definition) is 3. The van der Waals surface area contributed by atoms with Gasteiger partial charge in [0.05, 0.1) is 7.11 Å². The van der Waals surface area contributed by atoms with E-state index in [9.17, 15) is 5.11 Å². The maximum atomic E-state index is 9.82. The van der Waals surface area contributed by atoms with Gasteiger partial charge in [-0.3, -0.25) is 0 Å². The fourth-order valence-corrected chi connectivity index (χ4v) is 2.70. The van der Waals surface area contributed by atoms with Crippen LogP contribution in [0.1, 0.15) is 38.2 Å². The summed E-state index contributed by atoms with van der Waals surface area (Å²) in [5.41, 5.74) is 0.910. The third kappa shape index (κ3) is 3.39. The van der Waals surface area contributed by atoms with Crippen molar-refractivity contribution >= 4 is 0 Å². The van der Waals surface area contributed by atoms with Crippen LogP contribution in [0, 0.1) is 5.92 Å². The summed E-state index contributed by atoms with van der Waals surface area (Å²) >= 11 is 0. The molecule has 0 radical (unpaired) electrons. The van der Waals surface area contributed by atoms with E-state index < -0.39 is 0 Å². The van der Waals surface area contributed by atoms with E-state index in [0.29, 0.717) is 18.3 Å². The minimum Gasteiger partial charge on any atom is -0.508 e. The Labute approximate surface area is 109 Å². The largest absolute Gasteiger partial charge is 0.508 e. The monoisotopic (exact) mass is 249 g/mol. The molecule has 0 heterocycles. The SMILES string of the molecule is COc1ccc(O)c(CNC2CCCC(C)C2)c1. The molecule has 2 N–H and O–H groups in total. The first-order valence-corrected chi connectivity index (χ1v) is 6.78. The van der Waals surface area contributed by atoms with Crippen LogP contribution in [-0.4, -0.2) is 18.3 Å². The molecule has 1 saturated carbocycles. The molecule has 2 atom stereocenters. The first-order valence-electron chi connectivity index (χ1n) is 6.78. The molecule has 0 aliphatic heterocycles. The van der Waals surface area contributed by atoms with E-state index in [4.69, 9.17) is 4.74 Å². The van der Waals surface area contributed by atoms with Crippen LogP contribution in [0.3, 0.4) is 0 Å². The predicted octanol–water partition coefficient (Wildman–Crippen LogP) is 3.07. The van der Waals surface area contributed by atoms with Gasteiger partial charge in [-0.1, -0.05) is 19.8 Å². The lowest BCUT2D eigenvalue weighted by Crippen LogP contribution is -2.33. The number of benzene rings is 1. The molecule has 0 amide bonds. The standard InChI is InChI=1S/C15H23NO2/c1-11-4-3-5-13(8-11)16-10-12-9-14(18-2)6-7-15(12)17/h6-7,9,11,13,16-17H,3-5,8,10H2,1-2H3. The summed E-state index contributed by atoms with van der Waals surface area (Å²) in [5, 5.41) is 13.4. The van der Waals surface area contributed by atoms with E-state index in [-0.39, 0.29) is 0 Å². The highest BCUT2D eigenvalue weighted by atomic mass is 16.5. The highest BCUT2D eigenvalue weighted by Crippen LogP contribution is 2.26. The molecule has 0 bridgehead atoms. The lowest BCUT2D eigenvalue weighted by atomic mass is 9.87. The van der Waals surface area contributed by atoms with Crippen molar-refractivity contribution in [2.45, 2.75) is 45.2 Å². The quantitative estimate of drug-likeness (QED) is 0.861. The molecule has 2 unspecified atom stereocenters. The zero-order chi connectivity index (χ0) is 13.0. The molecule has 0 spiro atoms. The lowest BCUT2D eigenvalue weighted by Gasteiger charge is -2.27. The second-order valence-corrected chi connectivity index (χ2v) is 5.34. The van der Waals surface area contributed by atoms with E-state index in [1.807, 2.05) is 6.07 Å². The molecular formula is C15H23NO2. The van der Waals surface area contributed by atoms with Crippen molar-refractivity contribution in [1.29, 1.82) is 0 Å². The minimum absolute atomic E-state index is 0.340. The lowest BCUT2D eigenvalue weighted by molar-refractivity contribution is 0.299. The molecule has 1 aromatic rings. The Morgan fingerprint density at radius 3 is 2.94 bits per heavy atom. The van der Waals surface area contributed by atoms with Gasteiger partial charge in [0.2, 0.25) is 0 Å². The second kappa shape index (κ2) is 6.10. The van der Waals surface area contributed by atoms with Crippen molar-refractivity contribution in [3.63, 3.8) is 0 Å². The van der Waals surface area contributed by atoms with Gasteiger partial charge in [-0.25, -0.2) is 0 Å². The highest BCUT2D eigenvalue weighted by molar-refractivity contribution is 5.39. The van der Waals surface area contributed by atoms with E-state index in [1.54, 1.807) is 19.2 Å². The molecule has 0 saturated heterocycles. The topological polar surface area (TPSA) is 41.5 Å². The van der Waals surface area contributed by atoms with Crippen LogP contribution in [0.4, 0.5) is 0 Å². The summed E-state index contributed by atoms with van der Waals surface area (Å²) in [5.74, 6) is 1.95. The van der Waals surface area contributed by atoms with Gasteiger partial charge in [0.25, 0.3) is 0 Å². The summed E-state index contributed by atoms with van der Waals surface area (Å²) in [6, 6.07) is 5.95. The van der Waals surface area contributed by atoms with Gasteiger partial charge in [-0.15, -0.1) is 0 Å². The summed E-state index contributed by atoms with van der Waals surface area (Å²) in [6.45, 7) is 3.03. The molecule has 2 rings (SSSR count). The molecule has 3 nitrogen and oxygen atoms in total. The smallest absolute Gasteiger partial charge is 0.120 e. The summed E-state index contributed by atoms with van der Waals surface area (Å²) < 4.78 is 5.18. The fraction of sp³-hybridized carbons (Fsp3) is 0.600. The summed E-state index contributed by atoms with van der Waals surface area (Å²) in [7, 11) is 1.65. The predicted molar refractivity (Wildman–Crippen MR) is 72.9 cm³/mol. The first-order chi connectivity index (χ1) is 8.69. The number of ether oxygens (including phenoxy) is 1. The van der Waals surface area contributed by atoms with Gasteiger partial charge in [0.15, 0.2) is 0 Å². The van der Waals surface area contributed by atoms with Crippen LogP contribution >= 0.6 is 0 Å². The van der Waals surface area contributed by atoms with Crippen LogP contribution in [0.2, 0.25) is 0 Å². The third-order valence-corrected chi connectivity index (χ3v) is 3.80. The molecule has 18 heavy (non-hydrogen) atoms. The number of hydrogen-bond donors (Lipinski definition) is 2. The van der Waals surface area contributed by atoms with E-state index >= 15 is 0 Å². The average molecular weight is 249 g/mol. The highest BCUT2D eigenvalue weighted by Gasteiger charge is 2.18. The minimum atomic E-state index is 0.340. The number of phenolic OH excluding ortho intramolecular Hbond substituents is 1. The van der Waals surface area contributed by atoms with E-state index in [1.165, 1.54) is 25.7 Å². The Hall–Kier alpha value is -1.22. The number of rotatable bonds is 4. The van der Waals surface area contributed by atoms with Crippen molar-refractivity contribution in [2.75, 3.05) is 7.11 Å². The number of aromatic hydroxyl groups is 1. The Bertz CT molecular complexity index is 392. The average Bonchev–Trinajstić information content (AvgIpc) is 2.38. The molecule has 100 valence electrons. The maximum Gasteiger partial charge on any atom is 0.120 e. The van der Waals surface area contributed by atoms with Gasteiger partial charge in [-0.05, 0) is 37.0 Å². The van der Waals surface area contributed by atoms with E-state index in [2.05, 4.69) is 12.2 Å². The number of phenols is 1. The van der Waals surface area contributed by atoms with Crippen molar-refractivity contribution in [1.82, 2.24) is 5.32 Å². The van der Waals surface area contributed by atoms with Gasteiger partial charge >= 0.3 is 0 Å².